The molecular weight excluding hydrogens is 336 g/mol. The van der Waals surface area contributed by atoms with Crippen molar-refractivity contribution in [3.8, 4) is 5.75 Å². The minimum atomic E-state index is -1.04. The number of aryl methyl sites for hydroxylation is 1. The van der Waals surface area contributed by atoms with Gasteiger partial charge in [-0.2, -0.15) is 0 Å². The van der Waals surface area contributed by atoms with Gasteiger partial charge < -0.3 is 9.84 Å². The van der Waals surface area contributed by atoms with Gasteiger partial charge in [-0.15, -0.1) is 23.5 Å². The molecular formula is C20H24O2S2. The first-order valence-electron chi connectivity index (χ1n) is 7.74. The Morgan fingerprint density at radius 2 is 1.62 bits per heavy atom. The summed E-state index contributed by atoms with van der Waals surface area (Å²) in [5.41, 5.74) is 2.12. The van der Waals surface area contributed by atoms with Crippen molar-refractivity contribution >= 4 is 23.5 Å². The summed E-state index contributed by atoms with van der Waals surface area (Å²) in [6.45, 7) is 2.05. The molecule has 1 unspecified atom stereocenters. The summed E-state index contributed by atoms with van der Waals surface area (Å²) in [7, 11) is 1.66. The lowest BCUT2D eigenvalue weighted by molar-refractivity contribution is 0.0899. The molecule has 0 spiro atoms. The summed E-state index contributed by atoms with van der Waals surface area (Å²) < 4.78 is 6.32. The van der Waals surface area contributed by atoms with Gasteiger partial charge in [-0.05, 0) is 48.8 Å². The van der Waals surface area contributed by atoms with E-state index in [2.05, 4.69) is 6.92 Å². The Morgan fingerprint density at radius 3 is 2.12 bits per heavy atom. The van der Waals surface area contributed by atoms with Crippen LogP contribution in [0.15, 0.2) is 58.8 Å². The average Bonchev–Trinajstić information content (AvgIpc) is 2.61. The largest absolute Gasteiger partial charge is 0.497 e. The highest BCUT2D eigenvalue weighted by atomic mass is 32.2. The monoisotopic (exact) mass is 360 g/mol. The Bertz CT molecular complexity index is 672. The Kier molecular flexibility index (Phi) is 6.84. The number of ether oxygens (including phenoxy) is 1. The maximum Gasteiger partial charge on any atom is 0.118 e. The van der Waals surface area contributed by atoms with Crippen molar-refractivity contribution in [3.05, 3.63) is 75.5 Å². The lowest BCUT2D eigenvalue weighted by Crippen LogP contribution is -2.26. The van der Waals surface area contributed by atoms with Gasteiger partial charge in [0.15, 0.2) is 0 Å². The fraction of sp³-hybridized carbons (Fsp3) is 0.300. The minimum absolute atomic E-state index is 0.519. The molecule has 0 aliphatic carbocycles. The fourth-order valence-electron chi connectivity index (χ4n) is 2.53. The molecule has 128 valence electrons. The number of methoxy groups -OCH3 is 1. The molecule has 0 aliphatic heterocycles. The van der Waals surface area contributed by atoms with E-state index in [1.54, 1.807) is 30.6 Å². The van der Waals surface area contributed by atoms with Crippen molar-refractivity contribution in [2.45, 2.75) is 18.9 Å². The van der Waals surface area contributed by atoms with E-state index in [-0.39, 0.29) is 0 Å². The first kappa shape index (κ1) is 19.0. The van der Waals surface area contributed by atoms with E-state index in [1.807, 2.05) is 67.1 Å². The predicted octanol–water partition coefficient (Wildman–Crippen LogP) is 5.00. The van der Waals surface area contributed by atoms with Crippen molar-refractivity contribution in [2.75, 3.05) is 19.6 Å². The van der Waals surface area contributed by atoms with Crippen LogP contribution in [0.1, 0.15) is 16.7 Å². The summed E-state index contributed by atoms with van der Waals surface area (Å²) in [6, 6.07) is 16.0. The van der Waals surface area contributed by atoms with E-state index in [9.17, 15) is 5.11 Å². The molecule has 0 aliphatic rings. The molecule has 0 bridgehead atoms. The van der Waals surface area contributed by atoms with Crippen LogP contribution in [0.25, 0.3) is 0 Å². The second-order valence-corrected chi connectivity index (χ2v) is 7.64. The zero-order chi connectivity index (χ0) is 17.6. The van der Waals surface area contributed by atoms with Crippen LogP contribution in [0.2, 0.25) is 0 Å². The van der Waals surface area contributed by atoms with E-state index in [4.69, 9.17) is 4.74 Å². The number of thioether (sulfide) groups is 2. The molecule has 1 atom stereocenters. The summed E-state index contributed by atoms with van der Waals surface area (Å²) in [4.78, 5) is 0. The van der Waals surface area contributed by atoms with E-state index < -0.39 is 5.60 Å². The molecule has 2 aromatic rings. The van der Waals surface area contributed by atoms with Crippen molar-refractivity contribution < 1.29 is 9.84 Å². The van der Waals surface area contributed by atoms with Crippen LogP contribution in [0.5, 0.6) is 5.75 Å². The maximum absolute atomic E-state index is 11.5. The van der Waals surface area contributed by atoms with E-state index in [0.29, 0.717) is 6.42 Å². The van der Waals surface area contributed by atoms with Gasteiger partial charge in [0, 0.05) is 10.7 Å². The molecule has 0 saturated carbocycles. The van der Waals surface area contributed by atoms with Crippen molar-refractivity contribution in [3.63, 3.8) is 0 Å². The predicted molar refractivity (Wildman–Crippen MR) is 107 cm³/mol. The number of hydrogen-bond acceptors (Lipinski definition) is 4. The van der Waals surface area contributed by atoms with E-state index in [0.717, 1.165) is 21.1 Å². The summed E-state index contributed by atoms with van der Waals surface area (Å²) in [6.07, 6.45) is 6.55. The van der Waals surface area contributed by atoms with E-state index in [1.165, 1.54) is 5.56 Å². The van der Waals surface area contributed by atoms with Gasteiger partial charge in [-0.1, -0.05) is 42.0 Å². The smallest absolute Gasteiger partial charge is 0.118 e. The Morgan fingerprint density at radius 1 is 1.04 bits per heavy atom. The zero-order valence-electron chi connectivity index (χ0n) is 14.6. The molecule has 0 aromatic heterocycles. The quantitative estimate of drug-likeness (QED) is 0.752. The van der Waals surface area contributed by atoms with Crippen LogP contribution in [0.4, 0.5) is 0 Å². The molecule has 0 fully saturated rings. The Labute approximate surface area is 153 Å². The van der Waals surface area contributed by atoms with Crippen LogP contribution in [-0.4, -0.2) is 24.7 Å². The maximum atomic E-state index is 11.5. The lowest BCUT2D eigenvalue weighted by atomic mass is 9.87. The van der Waals surface area contributed by atoms with Crippen LogP contribution < -0.4 is 4.74 Å². The van der Waals surface area contributed by atoms with Gasteiger partial charge in [0.25, 0.3) is 0 Å². The van der Waals surface area contributed by atoms with Crippen LogP contribution in [0, 0.1) is 6.92 Å². The third-order valence-electron chi connectivity index (χ3n) is 3.94. The summed E-state index contributed by atoms with van der Waals surface area (Å²) in [5.74, 6) is 0.821. The van der Waals surface area contributed by atoms with Crippen molar-refractivity contribution in [2.24, 2.45) is 0 Å². The fourth-order valence-corrected chi connectivity index (χ4v) is 3.82. The topological polar surface area (TPSA) is 29.5 Å². The third kappa shape index (κ3) is 4.82. The molecule has 2 aromatic carbocycles. The van der Waals surface area contributed by atoms with Gasteiger partial charge in [0.05, 0.1) is 7.11 Å². The SMILES string of the molecule is COc1ccc(CC(O)(C=C(SC)SC)c2ccc(C)cc2)cc1. The highest BCUT2D eigenvalue weighted by Gasteiger charge is 2.28. The number of benzene rings is 2. The number of aliphatic hydroxyl groups is 1. The molecule has 2 nitrogen and oxygen atoms in total. The molecule has 0 saturated heterocycles. The van der Waals surface area contributed by atoms with Crippen molar-refractivity contribution in [1.29, 1.82) is 0 Å². The molecule has 2 rings (SSSR count). The first-order chi connectivity index (χ1) is 11.5. The van der Waals surface area contributed by atoms with Gasteiger partial charge in [-0.25, -0.2) is 0 Å². The standard InChI is InChI=1S/C20H24O2S2/c1-15-5-9-17(10-6-15)20(21,14-19(23-3)24-4)13-16-7-11-18(22-2)12-8-16/h5-12,14,21H,13H2,1-4H3. The van der Waals surface area contributed by atoms with Gasteiger partial charge in [0.1, 0.15) is 11.4 Å². The summed E-state index contributed by atoms with van der Waals surface area (Å²) in [5, 5.41) is 11.5. The Balaban J connectivity index is 2.41. The average molecular weight is 361 g/mol. The van der Waals surface area contributed by atoms with Crippen LogP contribution in [-0.2, 0) is 12.0 Å². The molecule has 24 heavy (non-hydrogen) atoms. The Hall–Kier alpha value is -1.36. The molecule has 0 radical (unpaired) electrons. The van der Waals surface area contributed by atoms with Crippen molar-refractivity contribution in [1.82, 2.24) is 0 Å². The highest BCUT2D eigenvalue weighted by Crippen LogP contribution is 2.34. The van der Waals surface area contributed by atoms with E-state index >= 15 is 0 Å². The zero-order valence-corrected chi connectivity index (χ0v) is 16.2. The third-order valence-corrected chi connectivity index (χ3v) is 5.98. The molecule has 0 heterocycles. The van der Waals surface area contributed by atoms with Gasteiger partial charge in [0.2, 0.25) is 0 Å². The highest BCUT2D eigenvalue weighted by molar-refractivity contribution is 8.21. The molecule has 4 heteroatoms. The molecule has 1 N–H and O–H groups in total. The number of hydrogen-bond donors (Lipinski definition) is 1. The van der Waals surface area contributed by atoms with Crippen LogP contribution >= 0.6 is 23.5 Å². The first-order valence-corrected chi connectivity index (χ1v) is 10.2. The van der Waals surface area contributed by atoms with Gasteiger partial charge >= 0.3 is 0 Å². The normalized spacial score (nSPS) is 13.2. The minimum Gasteiger partial charge on any atom is -0.497 e. The van der Waals surface area contributed by atoms with Gasteiger partial charge in [-0.3, -0.25) is 0 Å². The number of rotatable bonds is 7. The second-order valence-electron chi connectivity index (χ2n) is 5.69. The van der Waals surface area contributed by atoms with Crippen LogP contribution in [0.3, 0.4) is 0 Å². The summed E-state index contributed by atoms with van der Waals surface area (Å²) >= 11 is 3.31. The molecule has 0 amide bonds. The second kappa shape index (κ2) is 8.65. The lowest BCUT2D eigenvalue weighted by Gasteiger charge is -2.27.